The first-order valence-electron chi connectivity index (χ1n) is 7.67. The lowest BCUT2D eigenvalue weighted by Gasteiger charge is -2.31. The summed E-state index contributed by atoms with van der Waals surface area (Å²) >= 11 is 0. The zero-order valence-corrected chi connectivity index (χ0v) is 12.5. The Morgan fingerprint density at radius 2 is 1.90 bits per heavy atom. The van der Waals surface area contributed by atoms with Crippen LogP contribution in [0.5, 0.6) is 0 Å². The number of carbonyl (C=O) groups excluding carboxylic acids is 1. The number of nitrogens with zero attached hydrogens (tertiary/aromatic N) is 2. The fraction of sp³-hybridized carbons (Fsp3) is 0.867. The van der Waals surface area contributed by atoms with Gasteiger partial charge in [-0.1, -0.05) is 6.42 Å². The maximum atomic E-state index is 12.5. The van der Waals surface area contributed by atoms with Crippen LogP contribution in [-0.4, -0.2) is 60.0 Å². The fourth-order valence-electron chi connectivity index (χ4n) is 3.57. The monoisotopic (exact) mass is 282 g/mol. The molecule has 1 saturated heterocycles. The normalized spacial score (nSPS) is 31.2. The van der Waals surface area contributed by atoms with Gasteiger partial charge in [0.2, 0.25) is 5.91 Å². The molecule has 0 aromatic rings. The molecule has 0 bridgehead atoms. The molecule has 1 saturated carbocycles. The summed E-state index contributed by atoms with van der Waals surface area (Å²) in [6.07, 6.45) is 5.27. The Bertz CT molecular complexity index is 372. The van der Waals surface area contributed by atoms with E-state index >= 15 is 0 Å². The van der Waals surface area contributed by atoms with E-state index in [-0.39, 0.29) is 17.7 Å². The first-order valence-corrected chi connectivity index (χ1v) is 7.67. The molecule has 1 N–H and O–H groups in total. The summed E-state index contributed by atoms with van der Waals surface area (Å²) in [5, 5.41) is 9.11. The van der Waals surface area contributed by atoms with Crippen LogP contribution in [0.3, 0.4) is 0 Å². The van der Waals surface area contributed by atoms with E-state index in [4.69, 9.17) is 5.11 Å². The van der Waals surface area contributed by atoms with Crippen molar-refractivity contribution in [2.24, 2.45) is 11.8 Å². The van der Waals surface area contributed by atoms with E-state index in [1.54, 1.807) is 0 Å². The van der Waals surface area contributed by atoms with E-state index in [2.05, 4.69) is 11.9 Å². The lowest BCUT2D eigenvalue weighted by Crippen LogP contribution is -2.43. The Morgan fingerprint density at radius 1 is 1.20 bits per heavy atom. The van der Waals surface area contributed by atoms with Crippen LogP contribution in [0.25, 0.3) is 0 Å². The largest absolute Gasteiger partial charge is 0.481 e. The molecule has 2 fully saturated rings. The Kier molecular flexibility index (Phi) is 5.02. The van der Waals surface area contributed by atoms with Crippen molar-refractivity contribution in [3.05, 3.63) is 0 Å². The number of rotatable bonds is 4. The van der Waals surface area contributed by atoms with Crippen molar-refractivity contribution in [1.82, 2.24) is 9.80 Å². The Morgan fingerprint density at radius 3 is 2.50 bits per heavy atom. The first kappa shape index (κ1) is 15.3. The molecule has 1 heterocycles. The number of likely N-dealkylation sites (N-methyl/N-ethyl adjacent to an activating group) is 2. The number of likely N-dealkylation sites (tertiary alicyclic amines) is 1. The molecule has 1 aliphatic carbocycles. The highest BCUT2D eigenvalue weighted by Crippen LogP contribution is 2.30. The Labute approximate surface area is 120 Å². The molecular weight excluding hydrogens is 256 g/mol. The zero-order chi connectivity index (χ0) is 14.7. The van der Waals surface area contributed by atoms with Gasteiger partial charge in [-0.3, -0.25) is 9.59 Å². The van der Waals surface area contributed by atoms with Gasteiger partial charge in [0.15, 0.2) is 0 Å². The van der Waals surface area contributed by atoms with E-state index in [9.17, 15) is 9.59 Å². The molecule has 3 atom stereocenters. The molecule has 20 heavy (non-hydrogen) atoms. The van der Waals surface area contributed by atoms with E-state index in [0.717, 1.165) is 32.4 Å². The molecule has 0 radical (unpaired) electrons. The maximum Gasteiger partial charge on any atom is 0.306 e. The van der Waals surface area contributed by atoms with Crippen molar-refractivity contribution in [2.45, 2.75) is 44.6 Å². The number of carbonyl (C=O) groups is 2. The van der Waals surface area contributed by atoms with Crippen molar-refractivity contribution in [3.8, 4) is 0 Å². The molecule has 0 aromatic heterocycles. The van der Waals surface area contributed by atoms with E-state index < -0.39 is 5.97 Å². The van der Waals surface area contributed by atoms with Crippen molar-refractivity contribution < 1.29 is 14.7 Å². The summed E-state index contributed by atoms with van der Waals surface area (Å²) in [4.78, 5) is 27.7. The highest BCUT2D eigenvalue weighted by Gasteiger charge is 2.33. The highest BCUT2D eigenvalue weighted by molar-refractivity contribution is 5.80. The second-order valence-electron chi connectivity index (χ2n) is 6.39. The summed E-state index contributed by atoms with van der Waals surface area (Å²) in [5.41, 5.74) is 0. The summed E-state index contributed by atoms with van der Waals surface area (Å²) in [6.45, 7) is 1.88. The van der Waals surface area contributed by atoms with Crippen LogP contribution in [0, 0.1) is 11.8 Å². The van der Waals surface area contributed by atoms with Crippen LogP contribution < -0.4 is 0 Å². The number of hydrogen-bond acceptors (Lipinski definition) is 3. The average Bonchev–Trinajstić information content (AvgIpc) is 2.83. The van der Waals surface area contributed by atoms with Crippen LogP contribution in [0.15, 0.2) is 0 Å². The smallest absolute Gasteiger partial charge is 0.306 e. The minimum Gasteiger partial charge on any atom is -0.481 e. The molecule has 114 valence electrons. The third-order valence-electron chi connectivity index (χ3n) is 4.91. The standard InChI is InChI=1S/C15H26N2O3/c1-16-8-4-7-13(16)10-17(2)14(18)11-5-3-6-12(9-11)15(19)20/h11-13H,3-10H2,1-2H3,(H,19,20). The van der Waals surface area contributed by atoms with Crippen LogP contribution in [-0.2, 0) is 9.59 Å². The van der Waals surface area contributed by atoms with Crippen molar-refractivity contribution in [3.63, 3.8) is 0 Å². The summed E-state index contributed by atoms with van der Waals surface area (Å²) in [5.74, 6) is -1.04. The van der Waals surface area contributed by atoms with Gasteiger partial charge in [0.25, 0.3) is 0 Å². The SMILES string of the molecule is CN(CC1CCCN1C)C(=O)C1CCCC(C(=O)O)C1. The highest BCUT2D eigenvalue weighted by atomic mass is 16.4. The van der Waals surface area contributed by atoms with E-state index in [1.165, 1.54) is 6.42 Å². The first-order chi connectivity index (χ1) is 9.49. The number of hydrogen-bond donors (Lipinski definition) is 1. The molecule has 5 nitrogen and oxygen atoms in total. The van der Waals surface area contributed by atoms with Gasteiger partial charge in [-0.05, 0) is 45.7 Å². The summed E-state index contributed by atoms with van der Waals surface area (Å²) in [6, 6.07) is 0.461. The van der Waals surface area contributed by atoms with Crippen LogP contribution in [0.4, 0.5) is 0 Å². The van der Waals surface area contributed by atoms with Gasteiger partial charge in [-0.15, -0.1) is 0 Å². The third-order valence-corrected chi connectivity index (χ3v) is 4.91. The molecule has 1 aliphatic heterocycles. The third kappa shape index (κ3) is 3.51. The lowest BCUT2D eigenvalue weighted by molar-refractivity contribution is -0.145. The Balaban J connectivity index is 1.87. The second kappa shape index (κ2) is 6.57. The summed E-state index contributed by atoms with van der Waals surface area (Å²) < 4.78 is 0. The van der Waals surface area contributed by atoms with Crippen molar-refractivity contribution in [2.75, 3.05) is 27.2 Å². The van der Waals surface area contributed by atoms with Gasteiger partial charge in [-0.25, -0.2) is 0 Å². The minimum absolute atomic E-state index is 0.0958. The predicted octanol–water partition coefficient (Wildman–Crippen LogP) is 1.43. The van der Waals surface area contributed by atoms with Crippen molar-refractivity contribution >= 4 is 11.9 Å². The number of carboxylic acids is 1. The molecule has 1 amide bonds. The molecule has 0 spiro atoms. The summed E-state index contributed by atoms with van der Waals surface area (Å²) in [7, 11) is 3.97. The van der Waals surface area contributed by atoms with Gasteiger partial charge in [-0.2, -0.15) is 0 Å². The van der Waals surface area contributed by atoms with Crippen LogP contribution in [0.2, 0.25) is 0 Å². The van der Waals surface area contributed by atoms with Gasteiger partial charge < -0.3 is 14.9 Å². The number of carboxylic acid groups (broad SMARTS) is 1. The molecule has 3 unspecified atom stereocenters. The van der Waals surface area contributed by atoms with E-state index in [1.807, 2.05) is 11.9 Å². The second-order valence-corrected chi connectivity index (χ2v) is 6.39. The van der Waals surface area contributed by atoms with Gasteiger partial charge in [0, 0.05) is 25.6 Å². The predicted molar refractivity (Wildman–Crippen MR) is 76.4 cm³/mol. The average molecular weight is 282 g/mol. The number of amides is 1. The Hall–Kier alpha value is -1.10. The fourth-order valence-corrected chi connectivity index (χ4v) is 3.57. The minimum atomic E-state index is -0.749. The quantitative estimate of drug-likeness (QED) is 0.847. The van der Waals surface area contributed by atoms with Gasteiger partial charge in [0.1, 0.15) is 0 Å². The number of aliphatic carboxylic acids is 1. The topological polar surface area (TPSA) is 60.9 Å². The van der Waals surface area contributed by atoms with E-state index in [0.29, 0.717) is 18.9 Å². The lowest BCUT2D eigenvalue weighted by atomic mass is 9.81. The zero-order valence-electron chi connectivity index (χ0n) is 12.5. The molecule has 5 heteroatoms. The van der Waals surface area contributed by atoms with Crippen LogP contribution >= 0.6 is 0 Å². The molecule has 2 aliphatic rings. The van der Waals surface area contributed by atoms with Crippen molar-refractivity contribution in [1.29, 1.82) is 0 Å². The van der Waals surface area contributed by atoms with Crippen LogP contribution in [0.1, 0.15) is 38.5 Å². The molecule has 2 rings (SSSR count). The molecular formula is C15H26N2O3. The molecule has 0 aromatic carbocycles. The van der Waals surface area contributed by atoms with Gasteiger partial charge >= 0.3 is 5.97 Å². The maximum absolute atomic E-state index is 12.5. The van der Waals surface area contributed by atoms with Gasteiger partial charge in [0.05, 0.1) is 5.92 Å².